The Labute approximate surface area is 91.5 Å². The van der Waals surface area contributed by atoms with Crippen molar-refractivity contribution in [3.05, 3.63) is 35.4 Å². The molecule has 0 saturated heterocycles. The Hall–Kier alpha value is -0.950. The molecule has 0 spiro atoms. The molecule has 90 valence electrons. The Kier molecular flexibility index (Phi) is 4.03. The van der Waals surface area contributed by atoms with Gasteiger partial charge in [0.2, 0.25) is 0 Å². The van der Waals surface area contributed by atoms with Crippen molar-refractivity contribution < 1.29 is 27.1 Å². The molecule has 0 fully saturated rings. The molecule has 0 radical (unpaired) electrons. The fourth-order valence-electron chi connectivity index (χ4n) is 0.975. The zero-order valence-electron chi connectivity index (χ0n) is 7.67. The number of benzene rings is 1. The van der Waals surface area contributed by atoms with Crippen LogP contribution in [0.15, 0.2) is 24.3 Å². The molecule has 1 N–H and O–H groups in total. The van der Waals surface area contributed by atoms with E-state index in [0.29, 0.717) is 0 Å². The maximum absolute atomic E-state index is 12.1. The molecule has 1 nitrogen and oxygen atoms in total. The van der Waals surface area contributed by atoms with Gasteiger partial charge in [0.15, 0.2) is 0 Å². The number of hydrogen-bond acceptors (Lipinski definition) is 0. The van der Waals surface area contributed by atoms with E-state index in [4.69, 9.17) is 5.11 Å². The van der Waals surface area contributed by atoms with Crippen LogP contribution < -0.4 is 0 Å². The zero-order chi connectivity index (χ0) is 12.3. The van der Waals surface area contributed by atoms with Crippen LogP contribution in [0.1, 0.15) is 11.1 Å². The van der Waals surface area contributed by atoms with Gasteiger partial charge in [-0.2, -0.15) is 22.0 Å². The minimum absolute atomic E-state index is 0.0463. The third-order valence-corrected chi connectivity index (χ3v) is 2.39. The minimum Gasteiger partial charge on any atom is -0.355 e. The van der Waals surface area contributed by atoms with Gasteiger partial charge >= 0.3 is 6.18 Å². The summed E-state index contributed by atoms with van der Waals surface area (Å²) >= 11 is -0.620. The van der Waals surface area contributed by atoms with Crippen molar-refractivity contribution in [1.29, 1.82) is 0 Å². The van der Waals surface area contributed by atoms with Gasteiger partial charge in [-0.05, 0) is 12.1 Å². The van der Waals surface area contributed by atoms with Crippen LogP contribution in [0.4, 0.5) is 22.0 Å². The van der Waals surface area contributed by atoms with E-state index in [0.717, 1.165) is 24.3 Å². The first kappa shape index (κ1) is 13.1. The molecule has 0 heterocycles. The highest BCUT2D eigenvalue weighted by atomic mass is 32.1. The number of halogens is 5. The Morgan fingerprint density at radius 1 is 1.12 bits per heavy atom. The van der Waals surface area contributed by atoms with Crippen LogP contribution in [0.3, 0.4) is 0 Å². The van der Waals surface area contributed by atoms with E-state index >= 15 is 0 Å². The summed E-state index contributed by atoms with van der Waals surface area (Å²) in [6, 6.07) is 3.36. The predicted molar refractivity (Wildman–Crippen MR) is 53.2 cm³/mol. The second kappa shape index (κ2) is 4.92. The van der Waals surface area contributed by atoms with E-state index in [1.165, 1.54) is 0 Å². The van der Waals surface area contributed by atoms with Crippen molar-refractivity contribution >= 4 is 16.4 Å². The van der Waals surface area contributed by atoms with Crippen molar-refractivity contribution in [2.24, 2.45) is 0 Å². The van der Waals surface area contributed by atoms with E-state index < -0.39 is 33.9 Å². The summed E-state index contributed by atoms with van der Waals surface area (Å²) in [5, 5.41) is 8.48. The van der Waals surface area contributed by atoms with Gasteiger partial charge in [-0.25, -0.2) is 0 Å². The number of rotatable bonds is 2. The third-order valence-electron chi connectivity index (χ3n) is 1.69. The zero-order valence-corrected chi connectivity index (χ0v) is 8.57. The molecular formula is C9H7F5OS. The normalized spacial score (nSPS) is 13.8. The number of thiol groups is 1. The quantitative estimate of drug-likeness (QED) is 0.473. The molecule has 0 aliphatic carbocycles. The van der Waals surface area contributed by atoms with Gasteiger partial charge in [0.25, 0.3) is 5.76 Å². The summed E-state index contributed by atoms with van der Waals surface area (Å²) in [4.78, 5) is 0. The lowest BCUT2D eigenvalue weighted by Crippen LogP contribution is -2.05. The fourth-order valence-corrected chi connectivity index (χ4v) is 1.46. The average Bonchev–Trinajstić information content (AvgIpc) is 2.15. The standard InChI is InChI=1S/C9H7F5OS/c10-8(11)16-7(15)5-1-3-6(4-2-5)9(12,13)14/h1-4,8,15-16H. The van der Waals surface area contributed by atoms with Gasteiger partial charge in [0, 0.05) is 5.56 Å². The van der Waals surface area contributed by atoms with Gasteiger partial charge in [0.1, 0.15) is 5.05 Å². The van der Waals surface area contributed by atoms with E-state index in [1.807, 2.05) is 0 Å². The second-order valence-corrected chi connectivity index (χ2v) is 3.88. The molecule has 0 bridgehead atoms. The van der Waals surface area contributed by atoms with Crippen molar-refractivity contribution in [1.82, 2.24) is 0 Å². The van der Waals surface area contributed by atoms with Gasteiger partial charge in [-0.1, -0.05) is 12.1 Å². The highest BCUT2D eigenvalue weighted by Crippen LogP contribution is 2.29. The number of alkyl halides is 5. The molecule has 0 saturated carbocycles. The summed E-state index contributed by atoms with van der Waals surface area (Å²) in [5.74, 6) is -2.76. The van der Waals surface area contributed by atoms with Crippen LogP contribution in [0.5, 0.6) is 0 Å². The monoisotopic (exact) mass is 258 g/mol. The third kappa shape index (κ3) is 3.57. The molecule has 0 aliphatic rings. The summed E-state index contributed by atoms with van der Waals surface area (Å²) in [7, 11) is 0. The Morgan fingerprint density at radius 2 is 1.62 bits per heavy atom. The van der Waals surface area contributed by atoms with Crippen LogP contribution >= 0.6 is 11.4 Å². The Balaban J connectivity index is 2.96. The molecule has 0 aromatic heterocycles. The summed E-state index contributed by atoms with van der Waals surface area (Å²) in [6.45, 7) is 0. The van der Waals surface area contributed by atoms with Crippen LogP contribution in [-0.4, -0.2) is 15.9 Å². The number of hydrogen-bond donors (Lipinski definition) is 2. The van der Waals surface area contributed by atoms with Crippen molar-refractivity contribution in [3.8, 4) is 0 Å². The van der Waals surface area contributed by atoms with E-state index in [9.17, 15) is 22.0 Å². The SMILES string of the molecule is OC(=[SH]C(F)F)c1ccc(C(F)(F)F)cc1. The fraction of sp³-hybridized carbons (Fsp3) is 0.222. The predicted octanol–water partition coefficient (Wildman–Crippen LogP) is 3.43. The maximum atomic E-state index is 12.1. The van der Waals surface area contributed by atoms with Crippen molar-refractivity contribution in [2.75, 3.05) is 0 Å². The highest BCUT2D eigenvalue weighted by molar-refractivity contribution is 7.99. The topological polar surface area (TPSA) is 20.2 Å². The largest absolute Gasteiger partial charge is 0.416 e. The molecule has 0 atom stereocenters. The van der Waals surface area contributed by atoms with E-state index in [-0.39, 0.29) is 5.56 Å². The van der Waals surface area contributed by atoms with E-state index in [1.54, 1.807) is 0 Å². The van der Waals surface area contributed by atoms with Crippen molar-refractivity contribution in [3.63, 3.8) is 0 Å². The molecule has 0 unspecified atom stereocenters. The second-order valence-electron chi connectivity index (χ2n) is 2.81. The highest BCUT2D eigenvalue weighted by Gasteiger charge is 2.29. The van der Waals surface area contributed by atoms with Crippen molar-refractivity contribution in [2.45, 2.75) is 11.9 Å². The summed E-state index contributed by atoms with van der Waals surface area (Å²) in [6.07, 6.45) is -4.48. The molecule has 16 heavy (non-hydrogen) atoms. The first-order valence-electron chi connectivity index (χ1n) is 4.03. The Morgan fingerprint density at radius 3 is 2.00 bits per heavy atom. The lowest BCUT2D eigenvalue weighted by Gasteiger charge is -2.07. The molecule has 1 aromatic rings. The van der Waals surface area contributed by atoms with Gasteiger partial charge in [-0.15, -0.1) is 11.4 Å². The first-order valence-corrected chi connectivity index (χ1v) is 4.99. The van der Waals surface area contributed by atoms with Gasteiger partial charge < -0.3 is 5.11 Å². The molecule has 0 aliphatic heterocycles. The lowest BCUT2D eigenvalue weighted by atomic mass is 10.1. The first-order chi connectivity index (χ1) is 7.30. The Bertz CT molecular complexity index is 382. The van der Waals surface area contributed by atoms with Gasteiger partial charge in [0.05, 0.1) is 5.56 Å². The summed E-state index contributed by atoms with van der Waals surface area (Å²) < 4.78 is 60.2. The maximum Gasteiger partial charge on any atom is 0.416 e. The molecule has 7 heteroatoms. The van der Waals surface area contributed by atoms with Crippen LogP contribution in [-0.2, 0) is 6.18 Å². The minimum atomic E-state index is -4.48. The smallest absolute Gasteiger partial charge is 0.355 e. The lowest BCUT2D eigenvalue weighted by molar-refractivity contribution is -0.137. The van der Waals surface area contributed by atoms with E-state index in [2.05, 4.69) is 0 Å². The number of aliphatic hydroxyl groups is 1. The molecule has 1 aromatic carbocycles. The van der Waals surface area contributed by atoms with Crippen LogP contribution in [0.25, 0.3) is 0 Å². The number of aliphatic hydroxyl groups excluding tert-OH is 1. The van der Waals surface area contributed by atoms with Crippen LogP contribution in [0.2, 0.25) is 0 Å². The van der Waals surface area contributed by atoms with Crippen LogP contribution in [0, 0.1) is 0 Å². The molecule has 0 amide bonds. The molecular weight excluding hydrogens is 251 g/mol. The summed E-state index contributed by atoms with van der Waals surface area (Å²) in [5.41, 5.74) is -0.937. The molecule has 1 rings (SSSR count). The van der Waals surface area contributed by atoms with Gasteiger partial charge in [-0.3, -0.25) is 0 Å². The average molecular weight is 258 g/mol.